The van der Waals surface area contributed by atoms with E-state index in [4.69, 9.17) is 5.26 Å². The third-order valence-electron chi connectivity index (χ3n) is 1.66. The van der Waals surface area contributed by atoms with Gasteiger partial charge in [-0.1, -0.05) is 17.4 Å². The first-order chi connectivity index (χ1) is 7.77. The molecule has 0 atom stereocenters. The van der Waals surface area contributed by atoms with Gasteiger partial charge >= 0.3 is 0 Å². The number of carbonyl (C=O) groups is 1. The van der Waals surface area contributed by atoms with E-state index in [0.717, 1.165) is 0 Å². The summed E-state index contributed by atoms with van der Waals surface area (Å²) >= 11 is 0. The lowest BCUT2D eigenvalue weighted by atomic mass is 10.2. The normalized spacial score (nSPS) is 9.75. The Morgan fingerprint density at radius 3 is 3.00 bits per heavy atom. The van der Waals surface area contributed by atoms with Crippen molar-refractivity contribution in [2.75, 3.05) is 13.8 Å². The second-order valence-electron chi connectivity index (χ2n) is 2.87. The molecule has 0 amide bonds. The van der Waals surface area contributed by atoms with Crippen molar-refractivity contribution in [1.29, 1.82) is 5.26 Å². The molecule has 0 aliphatic rings. The Bertz CT molecular complexity index is 425. The summed E-state index contributed by atoms with van der Waals surface area (Å²) in [7, 11) is 1.60. The minimum absolute atomic E-state index is 0.0156. The van der Waals surface area contributed by atoms with E-state index in [1.807, 2.05) is 6.07 Å². The Balaban J connectivity index is 2.69. The summed E-state index contributed by atoms with van der Waals surface area (Å²) in [6.07, 6.45) is 0. The van der Waals surface area contributed by atoms with Crippen molar-refractivity contribution < 1.29 is 9.53 Å². The molecule has 1 rings (SSSR count). The van der Waals surface area contributed by atoms with Gasteiger partial charge in [0.25, 0.3) is 6.47 Å². The topological polar surface area (TPSA) is 78.0 Å². The van der Waals surface area contributed by atoms with Gasteiger partial charge in [0.1, 0.15) is 11.8 Å². The van der Waals surface area contributed by atoms with Crippen LogP contribution in [0.25, 0.3) is 0 Å². The molecular formula is C10H10N4O2. The van der Waals surface area contributed by atoms with Gasteiger partial charge < -0.3 is 4.74 Å². The predicted molar refractivity (Wildman–Crippen MR) is 55.5 cm³/mol. The molecular weight excluding hydrogens is 208 g/mol. The van der Waals surface area contributed by atoms with Crippen molar-refractivity contribution in [2.45, 2.75) is 0 Å². The van der Waals surface area contributed by atoms with Gasteiger partial charge in [-0.25, -0.2) is 5.01 Å². The highest BCUT2D eigenvalue weighted by Gasteiger charge is 1.98. The molecule has 0 unspecified atom stereocenters. The Hall–Kier alpha value is -2.42. The Kier molecular flexibility index (Phi) is 4.47. The van der Waals surface area contributed by atoms with Crippen LogP contribution in [0.1, 0.15) is 5.56 Å². The summed E-state index contributed by atoms with van der Waals surface area (Å²) in [4.78, 5) is 9.92. The van der Waals surface area contributed by atoms with Gasteiger partial charge in [0.05, 0.1) is 5.56 Å². The van der Waals surface area contributed by atoms with Crippen molar-refractivity contribution in [2.24, 2.45) is 10.3 Å². The van der Waals surface area contributed by atoms with Crippen molar-refractivity contribution in [3.63, 3.8) is 0 Å². The largest absolute Gasteiger partial charge is 0.445 e. The molecule has 0 fully saturated rings. The maximum Gasteiger partial charge on any atom is 0.294 e. The zero-order valence-electron chi connectivity index (χ0n) is 8.70. The van der Waals surface area contributed by atoms with Gasteiger partial charge in [0, 0.05) is 7.05 Å². The van der Waals surface area contributed by atoms with E-state index in [0.29, 0.717) is 17.7 Å². The molecule has 6 nitrogen and oxygen atoms in total. The fraction of sp³-hybridized carbons (Fsp3) is 0.200. The van der Waals surface area contributed by atoms with Crippen LogP contribution in [0.4, 0.5) is 5.69 Å². The van der Waals surface area contributed by atoms with Crippen LogP contribution < -0.4 is 0 Å². The summed E-state index contributed by atoms with van der Waals surface area (Å²) in [6.45, 7) is 0.344. The molecule has 0 spiro atoms. The zero-order chi connectivity index (χ0) is 11.8. The van der Waals surface area contributed by atoms with Crippen LogP contribution in [-0.4, -0.2) is 25.3 Å². The van der Waals surface area contributed by atoms with Crippen LogP contribution in [0.5, 0.6) is 0 Å². The van der Waals surface area contributed by atoms with Gasteiger partial charge in [-0.3, -0.25) is 4.79 Å². The molecule has 16 heavy (non-hydrogen) atoms. The molecule has 0 radical (unpaired) electrons. The summed E-state index contributed by atoms with van der Waals surface area (Å²) in [5.74, 6) is 0. The lowest BCUT2D eigenvalue weighted by Gasteiger charge is -2.08. The van der Waals surface area contributed by atoms with Gasteiger partial charge in [-0.15, -0.1) is 5.11 Å². The van der Waals surface area contributed by atoms with Gasteiger partial charge in [-0.2, -0.15) is 5.26 Å². The molecule has 1 aromatic carbocycles. The van der Waals surface area contributed by atoms with Crippen molar-refractivity contribution in [3.05, 3.63) is 29.8 Å². The van der Waals surface area contributed by atoms with Crippen LogP contribution in [0.2, 0.25) is 0 Å². The highest BCUT2D eigenvalue weighted by Crippen LogP contribution is 2.17. The molecule has 0 heterocycles. The van der Waals surface area contributed by atoms with Crippen molar-refractivity contribution in [3.8, 4) is 6.07 Å². The number of hydrogen-bond acceptors (Lipinski definition) is 5. The Morgan fingerprint density at radius 1 is 1.56 bits per heavy atom. The molecule has 0 aliphatic carbocycles. The zero-order valence-corrected chi connectivity index (χ0v) is 8.70. The molecule has 82 valence electrons. The standard InChI is InChI=1S/C10H10N4O2/c1-14(7-16-8-15)13-12-10-5-3-2-4-9(10)6-11/h2-5,8H,7H2,1H3. The summed E-state index contributed by atoms with van der Waals surface area (Å²) in [5, 5.41) is 17.8. The lowest BCUT2D eigenvalue weighted by molar-refractivity contribution is -0.132. The average Bonchev–Trinajstić information content (AvgIpc) is 2.34. The van der Waals surface area contributed by atoms with E-state index in [9.17, 15) is 4.79 Å². The third kappa shape index (κ3) is 3.38. The quantitative estimate of drug-likeness (QED) is 0.325. The van der Waals surface area contributed by atoms with Crippen molar-refractivity contribution >= 4 is 12.2 Å². The number of hydrogen-bond donors (Lipinski definition) is 0. The Labute approximate surface area is 92.7 Å². The number of ether oxygens (including phenoxy) is 1. The fourth-order valence-corrected chi connectivity index (χ4v) is 0.944. The molecule has 0 N–H and O–H groups in total. The fourth-order valence-electron chi connectivity index (χ4n) is 0.944. The highest BCUT2D eigenvalue weighted by atomic mass is 16.5. The first kappa shape index (κ1) is 11.7. The smallest absolute Gasteiger partial charge is 0.294 e. The SMILES string of the molecule is CN(COC=O)N=Nc1ccccc1C#N. The average molecular weight is 218 g/mol. The highest BCUT2D eigenvalue weighted by molar-refractivity contribution is 5.52. The van der Waals surface area contributed by atoms with E-state index < -0.39 is 0 Å². The van der Waals surface area contributed by atoms with E-state index in [1.54, 1.807) is 31.3 Å². The predicted octanol–water partition coefficient (Wildman–Crippen LogP) is 1.62. The lowest BCUT2D eigenvalue weighted by Crippen LogP contribution is -2.13. The molecule has 0 saturated carbocycles. The number of benzene rings is 1. The van der Waals surface area contributed by atoms with Gasteiger partial charge in [-0.05, 0) is 12.1 Å². The van der Waals surface area contributed by atoms with E-state index >= 15 is 0 Å². The van der Waals surface area contributed by atoms with E-state index in [-0.39, 0.29) is 6.73 Å². The second kappa shape index (κ2) is 6.14. The van der Waals surface area contributed by atoms with Gasteiger partial charge in [0.15, 0.2) is 6.73 Å². The van der Waals surface area contributed by atoms with Crippen LogP contribution >= 0.6 is 0 Å². The molecule has 0 aromatic heterocycles. The number of nitrogens with zero attached hydrogens (tertiary/aromatic N) is 4. The molecule has 0 aliphatic heterocycles. The minimum atomic E-state index is 0.0156. The van der Waals surface area contributed by atoms with Crippen molar-refractivity contribution in [1.82, 2.24) is 5.01 Å². The maximum absolute atomic E-state index is 9.92. The minimum Gasteiger partial charge on any atom is -0.445 e. The summed E-state index contributed by atoms with van der Waals surface area (Å²) < 4.78 is 4.47. The van der Waals surface area contributed by atoms with Crippen LogP contribution in [0.3, 0.4) is 0 Å². The molecule has 6 heteroatoms. The van der Waals surface area contributed by atoms with Crippen LogP contribution in [0, 0.1) is 11.3 Å². The van der Waals surface area contributed by atoms with Crippen LogP contribution in [-0.2, 0) is 9.53 Å². The first-order valence-electron chi connectivity index (χ1n) is 4.45. The first-order valence-corrected chi connectivity index (χ1v) is 4.45. The molecule has 1 aromatic rings. The second-order valence-corrected chi connectivity index (χ2v) is 2.87. The summed E-state index contributed by atoms with van der Waals surface area (Å²) in [6, 6.07) is 8.84. The number of nitriles is 1. The Morgan fingerprint density at radius 2 is 2.31 bits per heavy atom. The maximum atomic E-state index is 9.92. The molecule has 0 bridgehead atoms. The van der Waals surface area contributed by atoms with Gasteiger partial charge in [0.2, 0.25) is 0 Å². The monoisotopic (exact) mass is 218 g/mol. The summed E-state index contributed by atoms with van der Waals surface area (Å²) in [5.41, 5.74) is 0.916. The van der Waals surface area contributed by atoms with Crippen LogP contribution in [0.15, 0.2) is 34.6 Å². The number of carbonyl (C=O) groups excluding carboxylic acids is 1. The van der Waals surface area contributed by atoms with E-state index in [1.165, 1.54) is 5.01 Å². The molecule has 0 saturated heterocycles. The number of rotatable bonds is 5. The van der Waals surface area contributed by atoms with E-state index in [2.05, 4.69) is 15.1 Å². The third-order valence-corrected chi connectivity index (χ3v) is 1.66.